The van der Waals surface area contributed by atoms with Gasteiger partial charge in [0, 0.05) is 5.56 Å². The third-order valence-electron chi connectivity index (χ3n) is 3.44. The maximum Gasteiger partial charge on any atom is 0.258 e. The molecule has 0 radical (unpaired) electrons. The van der Waals surface area contributed by atoms with Crippen molar-refractivity contribution in [2.75, 3.05) is 13.7 Å². The number of rotatable bonds is 7. The minimum Gasteiger partial charge on any atom is -0.497 e. The molecule has 3 aromatic rings. The van der Waals surface area contributed by atoms with Crippen molar-refractivity contribution in [1.29, 1.82) is 0 Å². The Bertz CT molecular complexity index is 863. The lowest BCUT2D eigenvalue weighted by Crippen LogP contribution is -2.28. The number of aromatic nitrogens is 2. The molecule has 7 nitrogen and oxygen atoms in total. The van der Waals surface area contributed by atoms with Crippen LogP contribution in [0.3, 0.4) is 0 Å². The number of nitrogens with zero attached hydrogens (tertiary/aromatic N) is 2. The number of carbonyl (C=O) groups excluding carboxylic acids is 1. The summed E-state index contributed by atoms with van der Waals surface area (Å²) in [7, 11) is 1.59. The minimum absolute atomic E-state index is 0.0781. The minimum atomic E-state index is -0.370. The molecule has 0 unspecified atom stereocenters. The van der Waals surface area contributed by atoms with E-state index in [1.54, 1.807) is 19.2 Å². The molecule has 1 N–H and O–H groups in total. The lowest BCUT2D eigenvalue weighted by Gasteiger charge is -2.05. The summed E-state index contributed by atoms with van der Waals surface area (Å²) in [5.74, 6) is 1.09. The van der Waals surface area contributed by atoms with E-state index < -0.39 is 0 Å². The van der Waals surface area contributed by atoms with Crippen LogP contribution < -0.4 is 14.8 Å². The van der Waals surface area contributed by atoms with Crippen LogP contribution >= 0.6 is 0 Å². The molecule has 0 saturated carbocycles. The molecular weight excluding hydrogens is 341 g/mol. The predicted octanol–water partition coefficient (Wildman–Crippen LogP) is 2.58. The third kappa shape index (κ3) is 4.56. The molecule has 2 aromatic carbocycles. The van der Waals surface area contributed by atoms with Crippen LogP contribution in [-0.4, -0.2) is 29.8 Å². The Hall–Kier alpha value is -3.42. The second-order valence-corrected chi connectivity index (χ2v) is 5.26. The zero-order valence-corrected chi connectivity index (χ0v) is 13.9. The van der Waals surface area contributed by atoms with Gasteiger partial charge in [0.1, 0.15) is 17.3 Å². The molecule has 0 bridgehead atoms. The van der Waals surface area contributed by atoms with E-state index in [0.29, 0.717) is 11.6 Å². The Morgan fingerprint density at radius 1 is 1.12 bits per heavy atom. The predicted molar refractivity (Wildman–Crippen MR) is 90.0 cm³/mol. The van der Waals surface area contributed by atoms with Crippen molar-refractivity contribution in [3.05, 3.63) is 60.2 Å². The van der Waals surface area contributed by atoms with Gasteiger partial charge in [-0.25, -0.2) is 4.39 Å². The van der Waals surface area contributed by atoms with E-state index in [2.05, 4.69) is 15.5 Å². The topological polar surface area (TPSA) is 86.5 Å². The van der Waals surface area contributed by atoms with Crippen LogP contribution in [0, 0.1) is 5.82 Å². The summed E-state index contributed by atoms with van der Waals surface area (Å²) in [6, 6.07) is 12.6. The number of hydrogen-bond acceptors (Lipinski definition) is 6. The normalized spacial score (nSPS) is 10.4. The molecule has 0 fully saturated rings. The first kappa shape index (κ1) is 17.4. The van der Waals surface area contributed by atoms with E-state index in [4.69, 9.17) is 14.0 Å². The number of amides is 1. The molecule has 1 heterocycles. The van der Waals surface area contributed by atoms with Crippen LogP contribution in [0.5, 0.6) is 11.5 Å². The smallest absolute Gasteiger partial charge is 0.258 e. The zero-order valence-electron chi connectivity index (χ0n) is 13.9. The van der Waals surface area contributed by atoms with Crippen molar-refractivity contribution in [3.63, 3.8) is 0 Å². The van der Waals surface area contributed by atoms with E-state index in [9.17, 15) is 9.18 Å². The summed E-state index contributed by atoms with van der Waals surface area (Å²) >= 11 is 0. The average molecular weight is 357 g/mol. The van der Waals surface area contributed by atoms with Gasteiger partial charge in [-0.15, -0.1) is 0 Å². The summed E-state index contributed by atoms with van der Waals surface area (Å²) in [5.41, 5.74) is 0.770. The second-order valence-electron chi connectivity index (χ2n) is 5.26. The van der Waals surface area contributed by atoms with Gasteiger partial charge in [-0.1, -0.05) is 5.16 Å². The Morgan fingerprint density at radius 2 is 1.81 bits per heavy atom. The van der Waals surface area contributed by atoms with Gasteiger partial charge in [0.15, 0.2) is 6.61 Å². The molecule has 0 aliphatic carbocycles. The Labute approximate surface area is 148 Å². The summed E-state index contributed by atoms with van der Waals surface area (Å²) in [5, 5.41) is 6.49. The first-order valence-corrected chi connectivity index (χ1v) is 7.76. The highest BCUT2D eigenvalue weighted by Gasteiger charge is 2.10. The average Bonchev–Trinajstić information content (AvgIpc) is 3.15. The van der Waals surface area contributed by atoms with Gasteiger partial charge in [0.2, 0.25) is 11.7 Å². The fraction of sp³-hybridized carbons (Fsp3) is 0.167. The molecule has 0 saturated heterocycles. The number of halogens is 1. The van der Waals surface area contributed by atoms with E-state index >= 15 is 0 Å². The van der Waals surface area contributed by atoms with E-state index in [1.165, 1.54) is 24.3 Å². The second kappa shape index (κ2) is 8.11. The standard InChI is InChI=1S/C18H16FN3O4/c1-24-14-6-2-12(3-7-14)18-21-17(26-22-18)10-20-16(23)11-25-15-8-4-13(19)5-9-15/h2-9H,10-11H2,1H3,(H,20,23). The maximum atomic E-state index is 12.8. The fourth-order valence-corrected chi connectivity index (χ4v) is 2.09. The van der Waals surface area contributed by atoms with Crippen molar-refractivity contribution >= 4 is 5.91 Å². The maximum absolute atomic E-state index is 12.8. The summed E-state index contributed by atoms with van der Waals surface area (Å²) in [4.78, 5) is 16.0. The number of benzene rings is 2. The molecule has 134 valence electrons. The molecule has 0 atom stereocenters. The highest BCUT2D eigenvalue weighted by atomic mass is 19.1. The van der Waals surface area contributed by atoms with Crippen molar-refractivity contribution < 1.29 is 23.2 Å². The third-order valence-corrected chi connectivity index (χ3v) is 3.44. The molecule has 1 amide bonds. The zero-order chi connectivity index (χ0) is 18.4. The van der Waals surface area contributed by atoms with Crippen LogP contribution in [-0.2, 0) is 11.3 Å². The van der Waals surface area contributed by atoms with E-state index in [0.717, 1.165) is 11.3 Å². The molecule has 26 heavy (non-hydrogen) atoms. The first-order valence-electron chi connectivity index (χ1n) is 7.76. The number of ether oxygens (including phenoxy) is 2. The SMILES string of the molecule is COc1ccc(-c2noc(CNC(=O)COc3ccc(F)cc3)n2)cc1. The molecule has 0 aliphatic heterocycles. The van der Waals surface area contributed by atoms with Gasteiger partial charge >= 0.3 is 0 Å². The van der Waals surface area contributed by atoms with E-state index in [1.807, 2.05) is 12.1 Å². The van der Waals surface area contributed by atoms with Gasteiger partial charge in [-0.05, 0) is 48.5 Å². The molecule has 0 aliphatic rings. The Balaban J connectivity index is 1.49. The lowest BCUT2D eigenvalue weighted by atomic mass is 10.2. The van der Waals surface area contributed by atoms with Gasteiger partial charge in [0.05, 0.1) is 13.7 Å². The molecular formula is C18H16FN3O4. The monoisotopic (exact) mass is 357 g/mol. The van der Waals surface area contributed by atoms with Crippen LogP contribution in [0.4, 0.5) is 4.39 Å². The number of carbonyl (C=O) groups is 1. The Kier molecular flexibility index (Phi) is 5.43. The van der Waals surface area contributed by atoms with Gasteiger partial charge < -0.3 is 19.3 Å². The largest absolute Gasteiger partial charge is 0.497 e. The van der Waals surface area contributed by atoms with Crippen molar-refractivity contribution in [2.24, 2.45) is 0 Å². The highest BCUT2D eigenvalue weighted by Crippen LogP contribution is 2.19. The van der Waals surface area contributed by atoms with Crippen LogP contribution in [0.15, 0.2) is 53.1 Å². The summed E-state index contributed by atoms with van der Waals surface area (Å²) in [6.07, 6.45) is 0. The molecule has 3 rings (SSSR count). The van der Waals surface area contributed by atoms with Crippen molar-refractivity contribution in [2.45, 2.75) is 6.54 Å². The Morgan fingerprint density at radius 3 is 2.50 bits per heavy atom. The highest BCUT2D eigenvalue weighted by molar-refractivity contribution is 5.77. The molecule has 8 heteroatoms. The van der Waals surface area contributed by atoms with Gasteiger partial charge in [0.25, 0.3) is 5.91 Å². The number of hydrogen-bond donors (Lipinski definition) is 1. The fourth-order valence-electron chi connectivity index (χ4n) is 2.09. The summed E-state index contributed by atoms with van der Waals surface area (Å²) in [6.45, 7) is -0.125. The van der Waals surface area contributed by atoms with Gasteiger partial charge in [-0.3, -0.25) is 4.79 Å². The first-order chi connectivity index (χ1) is 12.6. The number of nitrogens with one attached hydrogen (secondary N) is 1. The van der Waals surface area contributed by atoms with Crippen molar-refractivity contribution in [1.82, 2.24) is 15.5 Å². The quantitative estimate of drug-likeness (QED) is 0.699. The number of methoxy groups -OCH3 is 1. The van der Waals surface area contributed by atoms with Crippen LogP contribution in [0.25, 0.3) is 11.4 Å². The van der Waals surface area contributed by atoms with Crippen LogP contribution in [0.1, 0.15) is 5.89 Å². The van der Waals surface area contributed by atoms with E-state index in [-0.39, 0.29) is 30.8 Å². The molecule has 0 spiro atoms. The van der Waals surface area contributed by atoms with Gasteiger partial charge in [-0.2, -0.15) is 4.98 Å². The van der Waals surface area contributed by atoms with Crippen LogP contribution in [0.2, 0.25) is 0 Å². The summed E-state index contributed by atoms with van der Waals surface area (Å²) < 4.78 is 28.2. The van der Waals surface area contributed by atoms with Crippen molar-refractivity contribution in [3.8, 4) is 22.9 Å². The lowest BCUT2D eigenvalue weighted by molar-refractivity contribution is -0.123. The molecule has 1 aromatic heterocycles.